The number of alkyl carbamates (subject to hydrolysis) is 1. The second-order valence-electron chi connectivity index (χ2n) is 7.77. The van der Waals surface area contributed by atoms with E-state index in [9.17, 15) is 33.6 Å². The van der Waals surface area contributed by atoms with Crippen molar-refractivity contribution in [3.05, 3.63) is 0 Å². The first-order chi connectivity index (χ1) is 14.4. The van der Waals surface area contributed by atoms with E-state index in [4.69, 9.17) is 14.4 Å². The normalized spacial score (nSPS) is 17.6. The van der Waals surface area contributed by atoms with Gasteiger partial charge in [-0.2, -0.15) is 0 Å². The van der Waals surface area contributed by atoms with E-state index in [-0.39, 0.29) is 32.1 Å². The highest BCUT2D eigenvalue weighted by atomic mass is 16.7. The number of hydrogen-bond acceptors (Lipinski definition) is 10. The average Bonchev–Trinajstić information content (AvgIpc) is 3.13. The number of imide groups is 2. The smallest absolute Gasteiger partial charge is 0.408 e. The number of amides is 5. The zero-order valence-electron chi connectivity index (χ0n) is 17.3. The summed E-state index contributed by atoms with van der Waals surface area (Å²) in [5.41, 5.74) is -0.894. The molecule has 0 aliphatic carbocycles. The molecule has 1 N–H and O–H groups in total. The van der Waals surface area contributed by atoms with Gasteiger partial charge in [-0.15, -0.1) is 10.1 Å². The molecule has 2 fully saturated rings. The number of nitrogens with one attached hydrogen (secondary N) is 1. The first kappa shape index (κ1) is 23.8. The fraction of sp³-hybridized carbons (Fsp3) is 0.611. The van der Waals surface area contributed by atoms with Crippen molar-refractivity contribution in [2.75, 3.05) is 0 Å². The fourth-order valence-electron chi connectivity index (χ4n) is 2.58. The Morgan fingerprint density at radius 3 is 1.77 bits per heavy atom. The Kier molecular flexibility index (Phi) is 7.31. The third-order valence-corrected chi connectivity index (χ3v) is 4.00. The molecule has 31 heavy (non-hydrogen) atoms. The van der Waals surface area contributed by atoms with Gasteiger partial charge in [0.15, 0.2) is 0 Å². The monoisotopic (exact) mass is 441 g/mol. The lowest BCUT2D eigenvalue weighted by Gasteiger charge is -2.23. The molecule has 2 saturated heterocycles. The van der Waals surface area contributed by atoms with Crippen LogP contribution in [0, 0.1) is 0 Å². The predicted octanol–water partition coefficient (Wildman–Crippen LogP) is -0.126. The molecule has 13 nitrogen and oxygen atoms in total. The van der Waals surface area contributed by atoms with Crippen LogP contribution < -0.4 is 5.32 Å². The molecule has 2 rings (SSSR count). The topological polar surface area (TPSA) is 166 Å². The van der Waals surface area contributed by atoms with Gasteiger partial charge in [-0.3, -0.25) is 19.2 Å². The maximum absolute atomic E-state index is 12.4. The van der Waals surface area contributed by atoms with E-state index in [0.29, 0.717) is 10.1 Å². The predicted molar refractivity (Wildman–Crippen MR) is 96.7 cm³/mol. The van der Waals surface area contributed by atoms with Crippen LogP contribution in [0.4, 0.5) is 4.79 Å². The maximum atomic E-state index is 12.4. The van der Waals surface area contributed by atoms with Crippen molar-refractivity contribution in [1.82, 2.24) is 15.4 Å². The Balaban J connectivity index is 2.01. The highest BCUT2D eigenvalue weighted by Gasteiger charge is 2.37. The standard InChI is InChI=1S/C18H23N3O10/c1-18(2,3)29-17(28)19-10(16(27)31-21-13(24)7-8-14(21)25)4-9-15(26)30-20-11(22)5-6-12(20)23/h10H,4-9H2,1-3H3,(H,19,28)/t10-/m0/s1. The minimum absolute atomic E-state index is 0.0842. The van der Waals surface area contributed by atoms with Crippen LogP contribution in [0.2, 0.25) is 0 Å². The van der Waals surface area contributed by atoms with Gasteiger partial charge in [0.2, 0.25) is 0 Å². The van der Waals surface area contributed by atoms with Crippen LogP contribution in [0.25, 0.3) is 0 Å². The van der Waals surface area contributed by atoms with Gasteiger partial charge in [-0.05, 0) is 27.2 Å². The van der Waals surface area contributed by atoms with Crippen molar-refractivity contribution in [1.29, 1.82) is 0 Å². The van der Waals surface area contributed by atoms with E-state index < -0.39 is 59.7 Å². The van der Waals surface area contributed by atoms with Crippen molar-refractivity contribution >= 4 is 41.7 Å². The molecular weight excluding hydrogens is 418 g/mol. The quantitative estimate of drug-likeness (QED) is 0.526. The lowest BCUT2D eigenvalue weighted by atomic mass is 10.1. The van der Waals surface area contributed by atoms with Gasteiger partial charge in [-0.1, -0.05) is 0 Å². The number of hydroxylamine groups is 4. The van der Waals surface area contributed by atoms with E-state index in [1.165, 1.54) is 0 Å². The minimum Gasteiger partial charge on any atom is -0.444 e. The van der Waals surface area contributed by atoms with Crippen LogP contribution in [0.5, 0.6) is 0 Å². The summed E-state index contributed by atoms with van der Waals surface area (Å²) in [6, 6.07) is -1.49. The van der Waals surface area contributed by atoms with Crippen LogP contribution >= 0.6 is 0 Å². The number of ether oxygens (including phenoxy) is 1. The maximum Gasteiger partial charge on any atom is 0.408 e. The molecule has 0 aromatic heterocycles. The number of carbonyl (C=O) groups excluding carboxylic acids is 7. The van der Waals surface area contributed by atoms with Gasteiger partial charge in [-0.25, -0.2) is 14.4 Å². The molecule has 0 radical (unpaired) electrons. The fourth-order valence-corrected chi connectivity index (χ4v) is 2.58. The second kappa shape index (κ2) is 9.53. The molecule has 0 bridgehead atoms. The van der Waals surface area contributed by atoms with Crippen LogP contribution in [0.1, 0.15) is 59.3 Å². The number of rotatable bonds is 7. The van der Waals surface area contributed by atoms with E-state index in [0.717, 1.165) is 0 Å². The zero-order valence-corrected chi connectivity index (χ0v) is 17.3. The third-order valence-electron chi connectivity index (χ3n) is 4.00. The summed E-state index contributed by atoms with van der Waals surface area (Å²) < 4.78 is 5.05. The SMILES string of the molecule is CC(C)(C)OC(=O)N[C@@H](CCC(=O)ON1C(=O)CCC1=O)C(=O)ON1C(=O)CCC1=O. The first-order valence-corrected chi connectivity index (χ1v) is 9.51. The second-order valence-corrected chi connectivity index (χ2v) is 7.77. The Morgan fingerprint density at radius 2 is 1.32 bits per heavy atom. The summed E-state index contributed by atoms with van der Waals surface area (Å²) in [7, 11) is 0. The molecule has 170 valence electrons. The highest BCUT2D eigenvalue weighted by Crippen LogP contribution is 2.16. The molecule has 13 heteroatoms. The van der Waals surface area contributed by atoms with E-state index in [1.807, 2.05) is 0 Å². The molecule has 1 atom stereocenters. The molecule has 0 spiro atoms. The Labute approximate surface area is 176 Å². The summed E-state index contributed by atoms with van der Waals surface area (Å²) >= 11 is 0. The van der Waals surface area contributed by atoms with Crippen molar-refractivity contribution in [3.8, 4) is 0 Å². The molecule has 0 aromatic carbocycles. The van der Waals surface area contributed by atoms with Crippen LogP contribution in [0.15, 0.2) is 0 Å². The summed E-state index contributed by atoms with van der Waals surface area (Å²) in [6.45, 7) is 4.76. The number of hydrogen-bond donors (Lipinski definition) is 1. The average molecular weight is 441 g/mol. The van der Waals surface area contributed by atoms with Gasteiger partial charge in [0, 0.05) is 25.7 Å². The molecule has 5 amide bonds. The van der Waals surface area contributed by atoms with Crippen molar-refractivity contribution in [2.45, 2.75) is 70.9 Å². The van der Waals surface area contributed by atoms with Gasteiger partial charge < -0.3 is 19.7 Å². The third kappa shape index (κ3) is 6.76. The van der Waals surface area contributed by atoms with E-state index in [2.05, 4.69) is 5.32 Å². The minimum atomic E-state index is -1.49. The van der Waals surface area contributed by atoms with Crippen LogP contribution in [0.3, 0.4) is 0 Å². The van der Waals surface area contributed by atoms with Crippen LogP contribution in [-0.4, -0.2) is 63.4 Å². The molecule has 0 saturated carbocycles. The lowest BCUT2D eigenvalue weighted by Crippen LogP contribution is -2.47. The van der Waals surface area contributed by atoms with Gasteiger partial charge in [0.25, 0.3) is 23.6 Å². The molecular formula is C18H23N3O10. The van der Waals surface area contributed by atoms with Gasteiger partial charge in [0.1, 0.15) is 11.6 Å². The van der Waals surface area contributed by atoms with E-state index >= 15 is 0 Å². The summed E-state index contributed by atoms with van der Waals surface area (Å²) in [4.78, 5) is 92.3. The summed E-state index contributed by atoms with van der Waals surface area (Å²) in [5, 5.41) is 2.85. The Morgan fingerprint density at radius 1 is 0.871 bits per heavy atom. The Hall–Kier alpha value is -3.51. The molecule has 0 aromatic rings. The molecule has 2 heterocycles. The van der Waals surface area contributed by atoms with E-state index in [1.54, 1.807) is 20.8 Å². The van der Waals surface area contributed by atoms with Gasteiger partial charge in [0.05, 0.1) is 6.42 Å². The van der Waals surface area contributed by atoms with Gasteiger partial charge >= 0.3 is 18.0 Å². The number of carbonyl (C=O) groups is 7. The van der Waals surface area contributed by atoms with Crippen molar-refractivity contribution < 1.29 is 48.0 Å². The number of nitrogens with zero attached hydrogens (tertiary/aromatic N) is 2. The van der Waals surface area contributed by atoms with Crippen molar-refractivity contribution in [2.24, 2.45) is 0 Å². The summed E-state index contributed by atoms with van der Waals surface area (Å²) in [6.07, 6.45) is -2.32. The molecule has 2 aliphatic rings. The van der Waals surface area contributed by atoms with Crippen LogP contribution in [-0.2, 0) is 43.2 Å². The largest absolute Gasteiger partial charge is 0.444 e. The molecule has 0 unspecified atom stereocenters. The zero-order chi connectivity index (χ0) is 23.3. The summed E-state index contributed by atoms with van der Waals surface area (Å²) in [5.74, 6) is -4.99. The first-order valence-electron chi connectivity index (χ1n) is 9.51. The lowest BCUT2D eigenvalue weighted by molar-refractivity contribution is -0.200. The Bertz CT molecular complexity index is 784. The molecule has 2 aliphatic heterocycles. The highest BCUT2D eigenvalue weighted by molar-refractivity contribution is 6.02. The van der Waals surface area contributed by atoms with Crippen molar-refractivity contribution in [3.63, 3.8) is 0 Å².